The molecule has 0 saturated heterocycles. The largest absolute Gasteiger partial charge is 0.493 e. The van der Waals surface area contributed by atoms with Crippen molar-refractivity contribution in [3.8, 4) is 11.5 Å². The third kappa shape index (κ3) is 5.18. The van der Waals surface area contributed by atoms with Crippen molar-refractivity contribution < 1.29 is 23.0 Å². The first-order valence-electron chi connectivity index (χ1n) is 8.55. The summed E-state index contributed by atoms with van der Waals surface area (Å²) in [6, 6.07) is 5.02. The lowest BCUT2D eigenvalue weighted by molar-refractivity contribution is -0.130. The minimum atomic E-state index is -2.91. The second-order valence-electron chi connectivity index (χ2n) is 6.40. The number of halogens is 2. The van der Waals surface area contributed by atoms with Gasteiger partial charge in [0.2, 0.25) is 5.91 Å². The summed E-state index contributed by atoms with van der Waals surface area (Å²) in [5.74, 6) is 0.135. The van der Waals surface area contributed by atoms with Gasteiger partial charge in [0.25, 0.3) is 0 Å². The van der Waals surface area contributed by atoms with Gasteiger partial charge in [-0.25, -0.2) is 0 Å². The Kier molecular flexibility index (Phi) is 6.79. The van der Waals surface area contributed by atoms with Gasteiger partial charge in [-0.1, -0.05) is 18.9 Å². The Hall–Kier alpha value is -2.11. The van der Waals surface area contributed by atoms with Crippen LogP contribution in [-0.2, 0) is 4.79 Å². The number of alkyl halides is 2. The van der Waals surface area contributed by atoms with Crippen molar-refractivity contribution in [2.75, 3.05) is 7.11 Å². The fourth-order valence-corrected chi connectivity index (χ4v) is 3.27. The summed E-state index contributed by atoms with van der Waals surface area (Å²) in [4.78, 5) is 14.5. The molecule has 0 bridgehead atoms. The van der Waals surface area contributed by atoms with Crippen molar-refractivity contribution >= 4 is 12.0 Å². The molecule has 0 spiro atoms. The molecule has 0 aliphatic heterocycles. The van der Waals surface area contributed by atoms with E-state index in [4.69, 9.17) is 4.74 Å². The summed E-state index contributed by atoms with van der Waals surface area (Å²) >= 11 is 0. The Labute approximate surface area is 147 Å². The van der Waals surface area contributed by atoms with Crippen LogP contribution in [0.15, 0.2) is 24.3 Å². The molecule has 0 radical (unpaired) electrons. The van der Waals surface area contributed by atoms with E-state index in [0.717, 1.165) is 25.7 Å². The highest BCUT2D eigenvalue weighted by molar-refractivity contribution is 5.92. The number of carbonyl (C=O) groups is 1. The zero-order valence-electron chi connectivity index (χ0n) is 14.9. The van der Waals surface area contributed by atoms with Crippen molar-refractivity contribution in [2.45, 2.75) is 58.2 Å². The molecule has 138 valence electrons. The Bertz CT molecular complexity index is 611. The summed E-state index contributed by atoms with van der Waals surface area (Å²) in [5, 5.41) is 0. The molecule has 4 nitrogen and oxygen atoms in total. The molecule has 1 aromatic rings. The van der Waals surface area contributed by atoms with Gasteiger partial charge in [-0.15, -0.1) is 0 Å². The first kappa shape index (κ1) is 19.2. The van der Waals surface area contributed by atoms with E-state index in [-0.39, 0.29) is 23.4 Å². The van der Waals surface area contributed by atoms with E-state index in [9.17, 15) is 13.6 Å². The van der Waals surface area contributed by atoms with Crippen molar-refractivity contribution in [2.24, 2.45) is 0 Å². The van der Waals surface area contributed by atoms with Crippen LogP contribution in [0.2, 0.25) is 0 Å². The zero-order chi connectivity index (χ0) is 18.4. The van der Waals surface area contributed by atoms with Crippen LogP contribution in [0.3, 0.4) is 0 Å². The molecule has 1 aromatic carbocycles. The number of hydrogen-bond acceptors (Lipinski definition) is 3. The van der Waals surface area contributed by atoms with Crippen LogP contribution in [0.1, 0.15) is 45.1 Å². The summed E-state index contributed by atoms with van der Waals surface area (Å²) in [7, 11) is 1.38. The second kappa shape index (κ2) is 8.83. The molecule has 1 saturated carbocycles. The maximum Gasteiger partial charge on any atom is 0.387 e. The first-order chi connectivity index (χ1) is 11.9. The van der Waals surface area contributed by atoms with E-state index < -0.39 is 6.61 Å². The van der Waals surface area contributed by atoms with Gasteiger partial charge in [-0.05, 0) is 50.5 Å². The predicted molar refractivity (Wildman–Crippen MR) is 92.9 cm³/mol. The van der Waals surface area contributed by atoms with Crippen LogP contribution >= 0.6 is 0 Å². The van der Waals surface area contributed by atoms with Gasteiger partial charge in [-0.3, -0.25) is 4.79 Å². The van der Waals surface area contributed by atoms with Crippen LogP contribution in [-0.4, -0.2) is 36.6 Å². The highest BCUT2D eigenvalue weighted by Crippen LogP contribution is 2.30. The average molecular weight is 353 g/mol. The number of carbonyl (C=O) groups excluding carboxylic acids is 1. The fraction of sp³-hybridized carbons (Fsp3) is 0.526. The number of benzene rings is 1. The monoisotopic (exact) mass is 353 g/mol. The molecule has 0 N–H and O–H groups in total. The third-order valence-corrected chi connectivity index (χ3v) is 4.35. The van der Waals surface area contributed by atoms with E-state index in [1.54, 1.807) is 18.2 Å². The van der Waals surface area contributed by atoms with E-state index >= 15 is 0 Å². The van der Waals surface area contributed by atoms with Crippen molar-refractivity contribution in [1.29, 1.82) is 0 Å². The Morgan fingerprint density at radius 2 is 1.92 bits per heavy atom. The smallest absolute Gasteiger partial charge is 0.387 e. The van der Waals surface area contributed by atoms with Crippen LogP contribution in [0.5, 0.6) is 11.5 Å². The standard InChI is InChI=1S/C19H25F2NO3/c1-13(2)22(15-6-4-5-7-15)18(23)11-9-14-8-10-16(25-19(20)21)17(12-14)24-3/h8-13,15,19H,4-7H2,1-3H3/b11-9+. The van der Waals surface area contributed by atoms with E-state index in [0.29, 0.717) is 11.6 Å². The topological polar surface area (TPSA) is 38.8 Å². The predicted octanol–water partition coefficient (Wildman–Crippen LogP) is 4.49. The van der Waals surface area contributed by atoms with Gasteiger partial charge >= 0.3 is 6.61 Å². The highest BCUT2D eigenvalue weighted by Gasteiger charge is 2.27. The molecule has 25 heavy (non-hydrogen) atoms. The van der Waals surface area contributed by atoms with Crippen LogP contribution in [0.4, 0.5) is 8.78 Å². The van der Waals surface area contributed by atoms with Crippen molar-refractivity contribution in [3.63, 3.8) is 0 Å². The quantitative estimate of drug-likeness (QED) is 0.678. The SMILES string of the molecule is COc1cc(/C=C/C(=O)N(C(C)C)C2CCCC2)ccc1OC(F)F. The lowest BCUT2D eigenvalue weighted by atomic mass is 10.1. The molecule has 6 heteroatoms. The normalized spacial score (nSPS) is 15.3. The minimum absolute atomic E-state index is 0.0317. The highest BCUT2D eigenvalue weighted by atomic mass is 19.3. The van der Waals surface area contributed by atoms with Crippen molar-refractivity contribution in [1.82, 2.24) is 4.90 Å². The van der Waals surface area contributed by atoms with Gasteiger partial charge in [0, 0.05) is 18.2 Å². The lowest BCUT2D eigenvalue weighted by Gasteiger charge is -2.31. The molecule has 1 fully saturated rings. The summed E-state index contributed by atoms with van der Waals surface area (Å²) < 4.78 is 34.2. The summed E-state index contributed by atoms with van der Waals surface area (Å²) in [6.07, 6.45) is 7.61. The molecule has 0 aromatic heterocycles. The van der Waals surface area contributed by atoms with Gasteiger partial charge in [0.15, 0.2) is 11.5 Å². The van der Waals surface area contributed by atoms with Crippen LogP contribution in [0, 0.1) is 0 Å². The maximum atomic E-state index is 12.6. The minimum Gasteiger partial charge on any atom is -0.493 e. The second-order valence-corrected chi connectivity index (χ2v) is 6.40. The molecule has 2 rings (SSSR count). The Balaban J connectivity index is 2.12. The number of hydrogen-bond donors (Lipinski definition) is 0. The van der Waals surface area contributed by atoms with Crippen LogP contribution in [0.25, 0.3) is 6.08 Å². The average Bonchev–Trinajstić information content (AvgIpc) is 3.07. The van der Waals surface area contributed by atoms with Gasteiger partial charge < -0.3 is 14.4 Å². The number of amides is 1. The number of nitrogens with zero attached hydrogens (tertiary/aromatic N) is 1. The molecular formula is C19H25F2NO3. The van der Waals surface area contributed by atoms with Crippen LogP contribution < -0.4 is 9.47 Å². The Morgan fingerprint density at radius 1 is 1.24 bits per heavy atom. The van der Waals surface area contributed by atoms with Gasteiger partial charge in [0.1, 0.15) is 0 Å². The van der Waals surface area contributed by atoms with Gasteiger partial charge in [0.05, 0.1) is 7.11 Å². The number of methoxy groups -OCH3 is 1. The molecule has 1 aliphatic rings. The van der Waals surface area contributed by atoms with Gasteiger partial charge in [-0.2, -0.15) is 8.78 Å². The summed E-state index contributed by atoms with van der Waals surface area (Å²) in [5.41, 5.74) is 0.682. The third-order valence-electron chi connectivity index (χ3n) is 4.35. The molecule has 1 aliphatic carbocycles. The molecule has 0 atom stereocenters. The number of rotatable bonds is 7. The Morgan fingerprint density at radius 3 is 2.48 bits per heavy atom. The fourth-order valence-electron chi connectivity index (χ4n) is 3.27. The maximum absolute atomic E-state index is 12.6. The lowest BCUT2D eigenvalue weighted by Crippen LogP contribution is -2.42. The summed E-state index contributed by atoms with van der Waals surface area (Å²) in [6.45, 7) is 1.12. The zero-order valence-corrected chi connectivity index (χ0v) is 14.9. The van der Waals surface area contributed by atoms with Crippen molar-refractivity contribution in [3.05, 3.63) is 29.8 Å². The van der Waals surface area contributed by atoms with E-state index in [1.807, 2.05) is 18.7 Å². The first-order valence-corrected chi connectivity index (χ1v) is 8.55. The molecular weight excluding hydrogens is 328 g/mol. The number of ether oxygens (including phenoxy) is 2. The van der Waals surface area contributed by atoms with E-state index in [2.05, 4.69) is 4.74 Å². The molecule has 0 unspecified atom stereocenters. The van der Waals surface area contributed by atoms with E-state index in [1.165, 1.54) is 19.3 Å². The molecule has 1 amide bonds. The molecule has 0 heterocycles.